The fourth-order valence-electron chi connectivity index (χ4n) is 2.44. The van der Waals surface area contributed by atoms with Crippen LogP contribution >= 0.6 is 11.6 Å². The highest BCUT2D eigenvalue weighted by molar-refractivity contribution is 6.33. The van der Waals surface area contributed by atoms with Gasteiger partial charge in [0.25, 0.3) is 0 Å². The molecule has 1 aliphatic heterocycles. The number of hydrogen-bond donors (Lipinski definition) is 1. The van der Waals surface area contributed by atoms with Gasteiger partial charge < -0.3 is 9.84 Å². The Bertz CT molecular complexity index is 607. The maximum Gasteiger partial charge on any atom is 0.224 e. The predicted molar refractivity (Wildman–Crippen MR) is 74.2 cm³/mol. The van der Waals surface area contributed by atoms with Crippen LogP contribution in [0.5, 0.6) is 0 Å². The number of aromatic nitrogens is 4. The molecule has 0 fully saturated rings. The van der Waals surface area contributed by atoms with Gasteiger partial charge >= 0.3 is 0 Å². The molecule has 0 radical (unpaired) electrons. The van der Waals surface area contributed by atoms with Gasteiger partial charge in [-0.1, -0.05) is 16.8 Å². The molecule has 1 N–H and O–H groups in total. The van der Waals surface area contributed by atoms with Gasteiger partial charge in [0, 0.05) is 33.2 Å². The highest BCUT2D eigenvalue weighted by Gasteiger charge is 2.24. The quantitative estimate of drug-likeness (QED) is 0.920. The SMILES string of the molecule is CNCN1CCCn2nc(-c3noc(C)n3)c(Cl)c2C1. The molecular formula is C12H17ClN6O. The smallest absolute Gasteiger partial charge is 0.224 e. The van der Waals surface area contributed by atoms with E-state index >= 15 is 0 Å². The van der Waals surface area contributed by atoms with Gasteiger partial charge in [0.05, 0.1) is 10.7 Å². The largest absolute Gasteiger partial charge is 0.339 e. The predicted octanol–water partition coefficient (Wildman–Crippen LogP) is 1.28. The van der Waals surface area contributed by atoms with Crippen LogP contribution in [0.2, 0.25) is 5.02 Å². The van der Waals surface area contributed by atoms with Gasteiger partial charge in [-0.2, -0.15) is 10.1 Å². The van der Waals surface area contributed by atoms with Crippen molar-refractivity contribution in [2.75, 3.05) is 20.3 Å². The van der Waals surface area contributed by atoms with E-state index in [1.165, 1.54) is 0 Å². The molecule has 0 aliphatic carbocycles. The molecule has 7 nitrogen and oxygen atoms in total. The van der Waals surface area contributed by atoms with Crippen molar-refractivity contribution in [1.29, 1.82) is 0 Å². The molecule has 0 atom stereocenters. The van der Waals surface area contributed by atoms with Gasteiger partial charge in [0.1, 0.15) is 0 Å². The maximum atomic E-state index is 6.47. The molecule has 8 heteroatoms. The summed E-state index contributed by atoms with van der Waals surface area (Å²) in [6, 6.07) is 0. The van der Waals surface area contributed by atoms with Gasteiger partial charge in [-0.25, -0.2) is 0 Å². The Hall–Kier alpha value is -1.44. The zero-order valence-corrected chi connectivity index (χ0v) is 12.3. The summed E-state index contributed by atoms with van der Waals surface area (Å²) in [5.41, 5.74) is 1.61. The van der Waals surface area contributed by atoms with E-state index in [9.17, 15) is 0 Å². The van der Waals surface area contributed by atoms with Crippen molar-refractivity contribution in [3.8, 4) is 11.5 Å². The van der Waals surface area contributed by atoms with Gasteiger partial charge in [0.15, 0.2) is 5.69 Å². The van der Waals surface area contributed by atoms with Crippen molar-refractivity contribution < 1.29 is 4.52 Å². The second-order valence-electron chi connectivity index (χ2n) is 4.89. The molecule has 3 rings (SSSR count). The van der Waals surface area contributed by atoms with Crippen LogP contribution in [0.4, 0.5) is 0 Å². The molecule has 0 saturated heterocycles. The van der Waals surface area contributed by atoms with Crippen molar-refractivity contribution in [1.82, 2.24) is 30.1 Å². The summed E-state index contributed by atoms with van der Waals surface area (Å²) in [5.74, 6) is 0.962. The Labute approximate surface area is 121 Å². The highest BCUT2D eigenvalue weighted by atomic mass is 35.5. The van der Waals surface area contributed by atoms with Crippen LogP contribution in [0.25, 0.3) is 11.5 Å². The lowest BCUT2D eigenvalue weighted by Crippen LogP contribution is -2.32. The lowest BCUT2D eigenvalue weighted by Gasteiger charge is -2.18. The van der Waals surface area contributed by atoms with Crippen LogP contribution in [-0.2, 0) is 13.1 Å². The van der Waals surface area contributed by atoms with Crippen molar-refractivity contribution >= 4 is 11.6 Å². The third-order valence-electron chi connectivity index (χ3n) is 3.33. The first-order chi connectivity index (χ1) is 9.69. The molecule has 0 aromatic carbocycles. The molecule has 0 spiro atoms. The number of nitrogens with zero attached hydrogens (tertiary/aromatic N) is 5. The minimum absolute atomic E-state index is 0.452. The summed E-state index contributed by atoms with van der Waals surface area (Å²) < 4.78 is 6.96. The Kier molecular flexibility index (Phi) is 3.73. The minimum Gasteiger partial charge on any atom is -0.339 e. The Morgan fingerprint density at radius 2 is 2.25 bits per heavy atom. The van der Waals surface area contributed by atoms with Gasteiger partial charge in [-0.15, -0.1) is 0 Å². The average Bonchev–Trinajstić information content (AvgIpc) is 2.90. The molecular weight excluding hydrogens is 280 g/mol. The first-order valence-electron chi connectivity index (χ1n) is 6.62. The summed E-state index contributed by atoms with van der Waals surface area (Å²) >= 11 is 6.47. The summed E-state index contributed by atoms with van der Waals surface area (Å²) in [7, 11) is 1.94. The summed E-state index contributed by atoms with van der Waals surface area (Å²) in [6.07, 6.45) is 1.04. The van der Waals surface area contributed by atoms with Crippen LogP contribution in [0, 0.1) is 6.92 Å². The standard InChI is InChI=1S/C12H17ClN6O/c1-8-15-12(17-20-8)11-10(13)9-6-18(7-14-2)4-3-5-19(9)16-11/h14H,3-7H2,1-2H3. The molecule has 0 saturated carbocycles. The van der Waals surface area contributed by atoms with E-state index in [0.717, 1.165) is 38.4 Å². The van der Waals surface area contributed by atoms with Gasteiger partial charge in [0.2, 0.25) is 11.7 Å². The highest BCUT2D eigenvalue weighted by Crippen LogP contribution is 2.30. The third kappa shape index (κ3) is 2.44. The Balaban J connectivity index is 1.95. The Morgan fingerprint density at radius 1 is 1.40 bits per heavy atom. The van der Waals surface area contributed by atoms with Crippen molar-refractivity contribution in [3.63, 3.8) is 0 Å². The summed E-state index contributed by atoms with van der Waals surface area (Å²) in [5, 5.41) is 12.2. The first kappa shape index (κ1) is 13.5. The van der Waals surface area contributed by atoms with Crippen molar-refractivity contribution in [2.45, 2.75) is 26.4 Å². The van der Waals surface area contributed by atoms with Crippen molar-refractivity contribution in [2.24, 2.45) is 0 Å². The zero-order valence-electron chi connectivity index (χ0n) is 11.6. The second-order valence-corrected chi connectivity index (χ2v) is 5.27. The number of fused-ring (bicyclic) bond motifs is 1. The normalized spacial score (nSPS) is 16.1. The van der Waals surface area contributed by atoms with Crippen LogP contribution in [0.15, 0.2) is 4.52 Å². The number of hydrogen-bond acceptors (Lipinski definition) is 6. The number of nitrogens with one attached hydrogen (secondary N) is 1. The van der Waals surface area contributed by atoms with Gasteiger partial charge in [-0.05, 0) is 13.5 Å². The number of rotatable bonds is 3. The molecule has 0 bridgehead atoms. The second kappa shape index (κ2) is 5.51. The summed E-state index contributed by atoms with van der Waals surface area (Å²) in [6.45, 7) is 5.23. The van der Waals surface area contributed by atoms with E-state index in [2.05, 4.69) is 25.5 Å². The first-order valence-corrected chi connectivity index (χ1v) is 6.99. The maximum absolute atomic E-state index is 6.47. The monoisotopic (exact) mass is 296 g/mol. The van der Waals surface area contributed by atoms with E-state index in [0.29, 0.717) is 22.4 Å². The number of halogens is 1. The molecule has 1 aliphatic rings. The lowest BCUT2D eigenvalue weighted by molar-refractivity contribution is 0.256. The van der Waals surface area contributed by atoms with Crippen LogP contribution in [0.1, 0.15) is 18.0 Å². The molecule has 0 unspecified atom stereocenters. The van der Waals surface area contributed by atoms with Crippen molar-refractivity contribution in [3.05, 3.63) is 16.6 Å². The van der Waals surface area contributed by atoms with Crippen LogP contribution in [-0.4, -0.2) is 45.1 Å². The molecule has 20 heavy (non-hydrogen) atoms. The molecule has 0 amide bonds. The lowest BCUT2D eigenvalue weighted by atomic mass is 10.3. The van der Waals surface area contributed by atoms with E-state index in [1.54, 1.807) is 6.92 Å². The van der Waals surface area contributed by atoms with E-state index in [-0.39, 0.29) is 0 Å². The summed E-state index contributed by atoms with van der Waals surface area (Å²) in [4.78, 5) is 6.50. The number of aryl methyl sites for hydroxylation is 2. The Morgan fingerprint density at radius 3 is 2.95 bits per heavy atom. The van der Waals surface area contributed by atoms with Crippen LogP contribution < -0.4 is 5.32 Å². The van der Waals surface area contributed by atoms with E-state index < -0.39 is 0 Å². The topological polar surface area (TPSA) is 72.0 Å². The molecule has 2 aromatic rings. The van der Waals surface area contributed by atoms with E-state index in [1.807, 2.05) is 11.7 Å². The third-order valence-corrected chi connectivity index (χ3v) is 3.73. The molecule has 108 valence electrons. The molecule has 2 aromatic heterocycles. The zero-order chi connectivity index (χ0) is 14.1. The molecule has 3 heterocycles. The van der Waals surface area contributed by atoms with Gasteiger partial charge in [-0.3, -0.25) is 9.58 Å². The fraction of sp³-hybridized carbons (Fsp3) is 0.583. The minimum atomic E-state index is 0.452. The fourth-order valence-corrected chi connectivity index (χ4v) is 2.72. The van der Waals surface area contributed by atoms with E-state index in [4.69, 9.17) is 16.1 Å². The average molecular weight is 297 g/mol. The van der Waals surface area contributed by atoms with Crippen LogP contribution in [0.3, 0.4) is 0 Å².